The third-order valence-electron chi connectivity index (χ3n) is 3.09. The lowest BCUT2D eigenvalue weighted by atomic mass is 10.2. The smallest absolute Gasteiger partial charge is 0.154 e. The number of anilines is 1. The van der Waals surface area contributed by atoms with Gasteiger partial charge < -0.3 is 4.90 Å². The lowest BCUT2D eigenvalue weighted by Gasteiger charge is -2.35. The number of halogens is 1. The molecule has 0 aliphatic carbocycles. The summed E-state index contributed by atoms with van der Waals surface area (Å²) in [5.41, 5.74) is 1.53. The highest BCUT2D eigenvalue weighted by molar-refractivity contribution is 9.10. The normalized spacial score (nSPS) is 22.8. The number of nitrogens with zero attached hydrogens (tertiary/aromatic N) is 1. The Morgan fingerprint density at radius 1 is 1.44 bits per heavy atom. The molecule has 1 unspecified atom stereocenters. The van der Waals surface area contributed by atoms with E-state index in [2.05, 4.69) is 20.8 Å². The molecule has 0 aromatic heterocycles. The molecule has 2 rings (SSSR count). The van der Waals surface area contributed by atoms with Crippen LogP contribution in [0, 0.1) is 0 Å². The molecule has 0 radical (unpaired) electrons. The van der Waals surface area contributed by atoms with Crippen LogP contribution in [0.15, 0.2) is 22.7 Å². The van der Waals surface area contributed by atoms with Crippen LogP contribution < -0.4 is 4.90 Å². The van der Waals surface area contributed by atoms with Crippen molar-refractivity contribution >= 4 is 37.7 Å². The van der Waals surface area contributed by atoms with Gasteiger partial charge in [-0.1, -0.05) is 0 Å². The summed E-state index contributed by atoms with van der Waals surface area (Å²) in [6.07, 6.45) is 0.790. The summed E-state index contributed by atoms with van der Waals surface area (Å²) >= 11 is 3.43. The topological polar surface area (TPSA) is 54.5 Å². The van der Waals surface area contributed by atoms with E-state index in [0.29, 0.717) is 12.1 Å². The summed E-state index contributed by atoms with van der Waals surface area (Å²) in [6, 6.07) is 5.28. The maximum absolute atomic E-state index is 11.5. The van der Waals surface area contributed by atoms with Gasteiger partial charge in [0.05, 0.1) is 17.2 Å². The Morgan fingerprint density at radius 2 is 2.17 bits per heavy atom. The van der Waals surface area contributed by atoms with Crippen LogP contribution in [0.3, 0.4) is 0 Å². The fraction of sp³-hybridized carbons (Fsp3) is 0.417. The molecular weight excluding hydrogens is 318 g/mol. The Balaban J connectivity index is 2.30. The molecule has 0 saturated carbocycles. The third kappa shape index (κ3) is 2.75. The first-order valence-corrected chi connectivity index (χ1v) is 8.26. The Bertz CT molecular complexity index is 571. The minimum Gasteiger partial charge on any atom is -0.366 e. The number of carbonyl (C=O) groups is 1. The van der Waals surface area contributed by atoms with E-state index < -0.39 is 9.84 Å². The van der Waals surface area contributed by atoms with Gasteiger partial charge in [0.15, 0.2) is 9.84 Å². The van der Waals surface area contributed by atoms with Crippen LogP contribution >= 0.6 is 15.9 Å². The van der Waals surface area contributed by atoms with Crippen molar-refractivity contribution in [1.82, 2.24) is 0 Å². The maximum Gasteiger partial charge on any atom is 0.154 e. The van der Waals surface area contributed by atoms with Gasteiger partial charge >= 0.3 is 0 Å². The zero-order valence-corrected chi connectivity index (χ0v) is 12.4. The molecule has 0 N–H and O–H groups in total. The lowest BCUT2D eigenvalue weighted by Crippen LogP contribution is -2.47. The molecule has 1 aromatic carbocycles. The van der Waals surface area contributed by atoms with Crippen LogP contribution in [0.2, 0.25) is 0 Å². The highest BCUT2D eigenvalue weighted by Gasteiger charge is 2.29. The van der Waals surface area contributed by atoms with Crippen LogP contribution in [0.4, 0.5) is 5.69 Å². The molecule has 0 spiro atoms. The molecule has 1 atom stereocenters. The quantitative estimate of drug-likeness (QED) is 0.776. The first-order valence-electron chi connectivity index (χ1n) is 5.65. The van der Waals surface area contributed by atoms with Gasteiger partial charge in [0.25, 0.3) is 0 Å². The molecule has 0 bridgehead atoms. The summed E-state index contributed by atoms with van der Waals surface area (Å²) in [4.78, 5) is 12.7. The molecule has 1 aliphatic rings. The molecular formula is C12H14BrNO3S. The lowest BCUT2D eigenvalue weighted by molar-refractivity contribution is 0.112. The second-order valence-electron chi connectivity index (χ2n) is 4.49. The standard InChI is InChI=1S/C12H14BrNO3S/c1-9-8-18(16,17)5-4-14(9)12-3-2-10(7-15)6-11(12)13/h2-3,6-7,9H,4-5,8H2,1H3. The molecule has 18 heavy (non-hydrogen) atoms. The zero-order chi connectivity index (χ0) is 13.3. The van der Waals surface area contributed by atoms with Crippen molar-refractivity contribution in [2.75, 3.05) is 23.0 Å². The van der Waals surface area contributed by atoms with Gasteiger partial charge in [0, 0.05) is 22.6 Å². The Labute approximate surface area is 115 Å². The fourth-order valence-electron chi connectivity index (χ4n) is 2.19. The van der Waals surface area contributed by atoms with Gasteiger partial charge in [-0.3, -0.25) is 4.79 Å². The molecule has 1 saturated heterocycles. The summed E-state index contributed by atoms with van der Waals surface area (Å²) < 4.78 is 23.9. The molecule has 98 valence electrons. The minimum atomic E-state index is -2.91. The Kier molecular flexibility index (Phi) is 3.77. The maximum atomic E-state index is 11.5. The van der Waals surface area contributed by atoms with Crippen molar-refractivity contribution in [3.63, 3.8) is 0 Å². The van der Waals surface area contributed by atoms with E-state index in [1.165, 1.54) is 0 Å². The molecule has 1 heterocycles. The van der Waals surface area contributed by atoms with Gasteiger partial charge in [0.2, 0.25) is 0 Å². The second-order valence-corrected chi connectivity index (χ2v) is 7.57. The minimum absolute atomic E-state index is 0.0536. The van der Waals surface area contributed by atoms with Crippen LogP contribution in [-0.4, -0.2) is 38.8 Å². The highest BCUT2D eigenvalue weighted by Crippen LogP contribution is 2.30. The number of rotatable bonds is 2. The van der Waals surface area contributed by atoms with Crippen LogP contribution in [0.5, 0.6) is 0 Å². The zero-order valence-electron chi connectivity index (χ0n) is 9.97. The van der Waals surface area contributed by atoms with E-state index in [0.717, 1.165) is 16.4 Å². The predicted octanol–water partition coefficient (Wildman–Crippen LogP) is 1.88. The van der Waals surface area contributed by atoms with Crippen molar-refractivity contribution in [1.29, 1.82) is 0 Å². The SMILES string of the molecule is CC1CS(=O)(=O)CCN1c1ccc(C=O)cc1Br. The molecule has 1 aliphatic heterocycles. The van der Waals surface area contributed by atoms with E-state index in [4.69, 9.17) is 0 Å². The molecule has 0 amide bonds. The van der Waals surface area contributed by atoms with Gasteiger partial charge in [-0.2, -0.15) is 0 Å². The van der Waals surface area contributed by atoms with E-state index in [-0.39, 0.29) is 17.5 Å². The van der Waals surface area contributed by atoms with Crippen LogP contribution in [0.1, 0.15) is 17.3 Å². The predicted molar refractivity (Wildman–Crippen MR) is 75.0 cm³/mol. The van der Waals surface area contributed by atoms with Crippen LogP contribution in [0.25, 0.3) is 0 Å². The van der Waals surface area contributed by atoms with Crippen molar-refractivity contribution in [2.45, 2.75) is 13.0 Å². The average molecular weight is 332 g/mol. The molecule has 4 nitrogen and oxygen atoms in total. The largest absolute Gasteiger partial charge is 0.366 e. The monoisotopic (exact) mass is 331 g/mol. The van der Waals surface area contributed by atoms with E-state index in [9.17, 15) is 13.2 Å². The van der Waals surface area contributed by atoms with Gasteiger partial charge in [-0.15, -0.1) is 0 Å². The van der Waals surface area contributed by atoms with Crippen molar-refractivity contribution in [2.24, 2.45) is 0 Å². The van der Waals surface area contributed by atoms with Crippen molar-refractivity contribution in [3.05, 3.63) is 28.2 Å². The fourth-order valence-corrected chi connectivity index (χ4v) is 4.37. The van der Waals surface area contributed by atoms with Crippen LogP contribution in [-0.2, 0) is 9.84 Å². The number of aldehydes is 1. The van der Waals surface area contributed by atoms with Crippen molar-refractivity contribution in [3.8, 4) is 0 Å². The first kappa shape index (κ1) is 13.5. The molecule has 1 fully saturated rings. The molecule has 6 heteroatoms. The highest BCUT2D eigenvalue weighted by atomic mass is 79.9. The third-order valence-corrected chi connectivity index (χ3v) is 5.52. The Morgan fingerprint density at radius 3 is 2.72 bits per heavy atom. The van der Waals surface area contributed by atoms with Crippen molar-refractivity contribution < 1.29 is 13.2 Å². The average Bonchev–Trinajstić information content (AvgIpc) is 2.29. The number of sulfone groups is 1. The van der Waals surface area contributed by atoms with Gasteiger partial charge in [-0.25, -0.2) is 8.42 Å². The van der Waals surface area contributed by atoms with Gasteiger partial charge in [0.1, 0.15) is 6.29 Å². The number of hydrogen-bond acceptors (Lipinski definition) is 4. The number of benzene rings is 1. The second kappa shape index (κ2) is 5.01. The summed E-state index contributed by atoms with van der Waals surface area (Å²) in [5, 5.41) is 0. The van der Waals surface area contributed by atoms with E-state index in [1.54, 1.807) is 12.1 Å². The Hall–Kier alpha value is -0.880. The van der Waals surface area contributed by atoms with Gasteiger partial charge in [-0.05, 0) is 41.1 Å². The summed E-state index contributed by atoms with van der Waals surface area (Å²) in [7, 11) is -2.91. The molecule has 1 aromatic rings. The summed E-state index contributed by atoms with van der Waals surface area (Å²) in [6.45, 7) is 2.39. The first-order chi connectivity index (χ1) is 8.43. The number of hydrogen-bond donors (Lipinski definition) is 0. The van der Waals surface area contributed by atoms with E-state index in [1.807, 2.05) is 13.0 Å². The summed E-state index contributed by atoms with van der Waals surface area (Å²) in [5.74, 6) is 0.355. The number of carbonyl (C=O) groups excluding carboxylic acids is 1. The van der Waals surface area contributed by atoms with E-state index >= 15 is 0 Å².